The Bertz CT molecular complexity index is 1120. The van der Waals surface area contributed by atoms with E-state index in [0.717, 1.165) is 12.0 Å². The van der Waals surface area contributed by atoms with Crippen molar-refractivity contribution in [1.29, 1.82) is 0 Å². The summed E-state index contributed by atoms with van der Waals surface area (Å²) in [5.41, 5.74) is -2.02. The molecule has 2 saturated heterocycles. The Kier molecular flexibility index (Phi) is 7.03. The number of ether oxygens (including phenoxy) is 6. The predicted octanol–water partition coefficient (Wildman–Crippen LogP) is 3.25. The third-order valence-corrected chi connectivity index (χ3v) is 9.39. The molecule has 39 heavy (non-hydrogen) atoms. The maximum atomic E-state index is 12.6. The molecule has 0 N–H and O–H groups in total. The van der Waals surface area contributed by atoms with Crippen LogP contribution in [0, 0.1) is 22.7 Å². The van der Waals surface area contributed by atoms with Gasteiger partial charge in [-0.1, -0.05) is 13.3 Å². The van der Waals surface area contributed by atoms with Crippen LogP contribution in [0.4, 0.5) is 0 Å². The van der Waals surface area contributed by atoms with Gasteiger partial charge in [0.25, 0.3) is 0 Å². The average molecular weight is 549 g/mol. The molecule has 9 atom stereocenters. The van der Waals surface area contributed by atoms with Crippen LogP contribution in [0.15, 0.2) is 23.0 Å². The predicted molar refractivity (Wildman–Crippen MR) is 131 cm³/mol. The molecule has 2 aliphatic carbocycles. The Balaban J connectivity index is 1.74. The first-order valence-corrected chi connectivity index (χ1v) is 13.4. The van der Waals surface area contributed by atoms with Crippen molar-refractivity contribution in [2.45, 2.75) is 90.5 Å². The van der Waals surface area contributed by atoms with Gasteiger partial charge in [0.2, 0.25) is 6.29 Å². The van der Waals surface area contributed by atoms with Gasteiger partial charge in [0.1, 0.15) is 18.3 Å². The van der Waals surface area contributed by atoms with Crippen molar-refractivity contribution >= 4 is 23.9 Å². The van der Waals surface area contributed by atoms with E-state index in [1.165, 1.54) is 27.7 Å². The number of hydrogen-bond donors (Lipinski definition) is 0. The van der Waals surface area contributed by atoms with Crippen LogP contribution in [0.1, 0.15) is 72.0 Å². The van der Waals surface area contributed by atoms with Gasteiger partial charge < -0.3 is 32.8 Å². The number of furan rings is 1. The Hall–Kier alpha value is -2.92. The normalized spacial score (nSPS) is 40.5. The van der Waals surface area contributed by atoms with Crippen LogP contribution in [-0.4, -0.2) is 61.2 Å². The molecule has 4 fully saturated rings. The Morgan fingerprint density at radius 2 is 1.69 bits per heavy atom. The first kappa shape index (κ1) is 27.6. The highest BCUT2D eigenvalue weighted by atomic mass is 16.7. The lowest BCUT2D eigenvalue weighted by Gasteiger charge is -2.64. The lowest BCUT2D eigenvalue weighted by Crippen LogP contribution is -2.74. The molecule has 2 spiro atoms. The molecular weight excluding hydrogens is 512 g/mol. The van der Waals surface area contributed by atoms with Gasteiger partial charge in [-0.25, -0.2) is 0 Å². The SMILES string of the molecule is CC(=O)OC[C@@]12[C@H](CCC[C@]13CO3)[C@@]1(C[C@@H](c3ccoc3)O[C@@H]1OC(C)=O)[C@H](C)[C@H](OC(C)=O)[C@@H]2OC(C)=O. The minimum absolute atomic E-state index is 0.125. The number of epoxide rings is 1. The average Bonchev–Trinajstić information content (AvgIpc) is 3.25. The van der Waals surface area contributed by atoms with E-state index in [9.17, 15) is 19.2 Å². The van der Waals surface area contributed by atoms with Crippen molar-refractivity contribution in [2.75, 3.05) is 13.2 Å². The van der Waals surface area contributed by atoms with Gasteiger partial charge in [-0.2, -0.15) is 0 Å². The van der Waals surface area contributed by atoms with Gasteiger partial charge in [0.05, 0.1) is 30.7 Å². The largest absolute Gasteiger partial charge is 0.472 e. The van der Waals surface area contributed by atoms with E-state index >= 15 is 0 Å². The quantitative estimate of drug-likeness (QED) is 0.294. The summed E-state index contributed by atoms with van der Waals surface area (Å²) in [6.07, 6.45) is 2.18. The number of esters is 4. The second-order valence-electron chi connectivity index (χ2n) is 11.4. The molecule has 0 aromatic carbocycles. The molecule has 0 amide bonds. The fourth-order valence-electron chi connectivity index (χ4n) is 7.92. The Labute approximate surface area is 226 Å². The second kappa shape index (κ2) is 9.92. The second-order valence-corrected chi connectivity index (χ2v) is 11.4. The van der Waals surface area contributed by atoms with E-state index in [1.54, 1.807) is 18.6 Å². The lowest BCUT2D eigenvalue weighted by atomic mass is 9.41. The molecule has 2 saturated carbocycles. The molecule has 3 heterocycles. The number of rotatable bonds is 6. The topological polar surface area (TPSA) is 140 Å². The molecule has 2 aliphatic heterocycles. The van der Waals surface area contributed by atoms with E-state index in [0.29, 0.717) is 25.9 Å². The summed E-state index contributed by atoms with van der Waals surface area (Å²) in [6.45, 7) is 7.38. The van der Waals surface area contributed by atoms with Gasteiger partial charge in [-0.3, -0.25) is 19.2 Å². The van der Waals surface area contributed by atoms with Crippen molar-refractivity contribution in [3.63, 3.8) is 0 Å². The van der Waals surface area contributed by atoms with Gasteiger partial charge in [0.15, 0.2) is 6.10 Å². The highest BCUT2D eigenvalue weighted by Crippen LogP contribution is 2.73. The van der Waals surface area contributed by atoms with E-state index in [-0.39, 0.29) is 12.5 Å². The summed E-state index contributed by atoms with van der Waals surface area (Å²) in [7, 11) is 0. The van der Waals surface area contributed by atoms with Crippen LogP contribution in [0.3, 0.4) is 0 Å². The zero-order valence-electron chi connectivity index (χ0n) is 22.9. The molecule has 4 aliphatic rings. The smallest absolute Gasteiger partial charge is 0.304 e. The van der Waals surface area contributed by atoms with Crippen molar-refractivity contribution < 1.29 is 52.0 Å². The molecular formula is C28H36O11. The van der Waals surface area contributed by atoms with Crippen LogP contribution in [0.2, 0.25) is 0 Å². The number of carbonyl (C=O) groups excluding carboxylic acids is 4. The maximum Gasteiger partial charge on any atom is 0.304 e. The zero-order valence-corrected chi connectivity index (χ0v) is 22.9. The van der Waals surface area contributed by atoms with Crippen molar-refractivity contribution in [3.05, 3.63) is 24.2 Å². The van der Waals surface area contributed by atoms with Gasteiger partial charge in [0, 0.05) is 44.6 Å². The molecule has 11 heteroatoms. The van der Waals surface area contributed by atoms with Gasteiger partial charge in [-0.15, -0.1) is 0 Å². The molecule has 0 bridgehead atoms. The monoisotopic (exact) mass is 548 g/mol. The molecule has 11 nitrogen and oxygen atoms in total. The van der Waals surface area contributed by atoms with E-state index in [2.05, 4.69) is 0 Å². The van der Waals surface area contributed by atoms with Crippen molar-refractivity contribution in [1.82, 2.24) is 0 Å². The number of fused-ring (bicyclic) bond motifs is 3. The van der Waals surface area contributed by atoms with Crippen LogP contribution in [0.25, 0.3) is 0 Å². The van der Waals surface area contributed by atoms with Gasteiger partial charge >= 0.3 is 23.9 Å². The number of carbonyl (C=O) groups is 4. The summed E-state index contributed by atoms with van der Waals surface area (Å²) in [4.78, 5) is 49.7. The highest BCUT2D eigenvalue weighted by molar-refractivity contribution is 5.68. The molecule has 214 valence electrons. The van der Waals surface area contributed by atoms with Crippen LogP contribution in [-0.2, 0) is 47.6 Å². The molecule has 5 rings (SSSR count). The van der Waals surface area contributed by atoms with Gasteiger partial charge in [-0.05, 0) is 31.2 Å². The third-order valence-electron chi connectivity index (χ3n) is 9.39. The third kappa shape index (κ3) is 4.34. The maximum absolute atomic E-state index is 12.6. The standard InChI is InChI=1S/C28H36O11/c1-15-23(36-17(3)30)24(37-18(4)31)28(14-34-16(2)29)22(7-6-9-26(28)13-35-26)27(15)11-21(20-8-10-33-12-20)39-25(27)38-19(5)32/h8,10,12,15,21-25H,6-7,9,11,13-14H2,1-5H3/t15-,21+,22-,23+,24+,25+,26+,27-,28+/m1/s1. The molecule has 1 aromatic rings. The van der Waals surface area contributed by atoms with Crippen molar-refractivity contribution in [2.24, 2.45) is 22.7 Å². The highest BCUT2D eigenvalue weighted by Gasteiger charge is 2.81. The summed E-state index contributed by atoms with van der Waals surface area (Å²) in [5.74, 6) is -2.98. The van der Waals surface area contributed by atoms with Crippen molar-refractivity contribution in [3.8, 4) is 0 Å². The zero-order chi connectivity index (χ0) is 28.2. The fraction of sp³-hybridized carbons (Fsp3) is 0.714. The molecule has 1 aromatic heterocycles. The first-order chi connectivity index (χ1) is 18.5. The molecule has 0 radical (unpaired) electrons. The Morgan fingerprint density at radius 3 is 2.26 bits per heavy atom. The lowest BCUT2D eigenvalue weighted by molar-refractivity contribution is -0.298. The van der Waals surface area contributed by atoms with Crippen LogP contribution >= 0.6 is 0 Å². The van der Waals surface area contributed by atoms with Crippen LogP contribution < -0.4 is 0 Å². The van der Waals surface area contributed by atoms with E-state index < -0.39 is 70.8 Å². The Morgan fingerprint density at radius 1 is 1.00 bits per heavy atom. The minimum Gasteiger partial charge on any atom is -0.472 e. The van der Waals surface area contributed by atoms with E-state index in [1.807, 2.05) is 6.92 Å². The minimum atomic E-state index is -1.09. The number of hydrogen-bond acceptors (Lipinski definition) is 11. The van der Waals surface area contributed by atoms with E-state index in [4.69, 9.17) is 32.8 Å². The summed E-state index contributed by atoms with van der Waals surface area (Å²) >= 11 is 0. The summed E-state index contributed by atoms with van der Waals surface area (Å²) in [5, 5.41) is 0. The fourth-order valence-corrected chi connectivity index (χ4v) is 7.92. The summed E-state index contributed by atoms with van der Waals surface area (Å²) < 4.78 is 41.6. The summed E-state index contributed by atoms with van der Waals surface area (Å²) in [6, 6.07) is 1.80. The molecule has 0 unspecified atom stereocenters. The van der Waals surface area contributed by atoms with Crippen LogP contribution in [0.5, 0.6) is 0 Å². The first-order valence-electron chi connectivity index (χ1n) is 13.4.